The fourth-order valence-corrected chi connectivity index (χ4v) is 2.16. The molecule has 1 aromatic heterocycles. The van der Waals surface area contributed by atoms with Crippen molar-refractivity contribution in [2.45, 2.75) is 38.8 Å². The molecule has 0 bridgehead atoms. The van der Waals surface area contributed by atoms with E-state index in [0.29, 0.717) is 6.04 Å². The Morgan fingerprint density at radius 1 is 1.26 bits per heavy atom. The van der Waals surface area contributed by atoms with Gasteiger partial charge < -0.3 is 9.88 Å². The summed E-state index contributed by atoms with van der Waals surface area (Å²) in [7, 11) is 1.97. The summed E-state index contributed by atoms with van der Waals surface area (Å²) >= 11 is 0. The molecule has 102 valence electrons. The van der Waals surface area contributed by atoms with Crippen LogP contribution in [0.15, 0.2) is 36.7 Å². The van der Waals surface area contributed by atoms with Gasteiger partial charge in [0.2, 0.25) is 0 Å². The highest BCUT2D eigenvalue weighted by Crippen LogP contribution is 2.19. The van der Waals surface area contributed by atoms with Crippen molar-refractivity contribution in [2.75, 3.05) is 0 Å². The van der Waals surface area contributed by atoms with Crippen molar-refractivity contribution >= 4 is 0 Å². The summed E-state index contributed by atoms with van der Waals surface area (Å²) in [4.78, 5) is 0. The number of aryl methyl sites for hydroxylation is 1. The Bertz CT molecular complexity index is 478. The quantitative estimate of drug-likeness (QED) is 0.830. The average molecular weight is 258 g/mol. The van der Waals surface area contributed by atoms with E-state index in [0.717, 1.165) is 18.8 Å². The van der Waals surface area contributed by atoms with Gasteiger partial charge in [-0.2, -0.15) is 0 Å². The molecule has 4 heteroatoms. The second-order valence-electron chi connectivity index (χ2n) is 4.84. The first-order valence-electron chi connectivity index (χ1n) is 6.92. The van der Waals surface area contributed by atoms with E-state index in [1.54, 1.807) is 6.33 Å². The van der Waals surface area contributed by atoms with Gasteiger partial charge in [-0.3, -0.25) is 0 Å². The van der Waals surface area contributed by atoms with Crippen molar-refractivity contribution < 1.29 is 0 Å². The number of hydrogen-bond acceptors (Lipinski definition) is 3. The van der Waals surface area contributed by atoms with Gasteiger partial charge in [0.05, 0.1) is 6.54 Å². The maximum Gasteiger partial charge on any atom is 0.146 e. The van der Waals surface area contributed by atoms with E-state index in [1.165, 1.54) is 18.4 Å². The predicted molar refractivity (Wildman–Crippen MR) is 76.6 cm³/mol. The van der Waals surface area contributed by atoms with E-state index in [4.69, 9.17) is 0 Å². The average Bonchev–Trinajstić information content (AvgIpc) is 2.85. The van der Waals surface area contributed by atoms with Crippen molar-refractivity contribution in [3.05, 3.63) is 48.0 Å². The first-order chi connectivity index (χ1) is 9.31. The molecule has 0 saturated heterocycles. The zero-order chi connectivity index (χ0) is 13.5. The first-order valence-corrected chi connectivity index (χ1v) is 6.92. The molecule has 1 aromatic carbocycles. The number of unbranched alkanes of at least 4 members (excludes halogenated alkanes) is 1. The van der Waals surface area contributed by atoms with Crippen molar-refractivity contribution in [1.29, 1.82) is 0 Å². The van der Waals surface area contributed by atoms with Crippen molar-refractivity contribution in [2.24, 2.45) is 7.05 Å². The maximum atomic E-state index is 4.11. The zero-order valence-electron chi connectivity index (χ0n) is 11.7. The van der Waals surface area contributed by atoms with E-state index < -0.39 is 0 Å². The molecule has 0 saturated carbocycles. The highest BCUT2D eigenvalue weighted by Gasteiger charge is 2.11. The highest BCUT2D eigenvalue weighted by atomic mass is 15.3. The van der Waals surface area contributed by atoms with Crippen LogP contribution in [0.1, 0.15) is 43.6 Å². The van der Waals surface area contributed by atoms with Crippen LogP contribution in [-0.4, -0.2) is 14.8 Å². The molecule has 2 rings (SSSR count). The monoisotopic (exact) mass is 258 g/mol. The molecule has 0 fully saturated rings. The minimum atomic E-state index is 0.387. The van der Waals surface area contributed by atoms with Crippen LogP contribution < -0.4 is 5.32 Å². The zero-order valence-corrected chi connectivity index (χ0v) is 11.7. The molecule has 1 N–H and O–H groups in total. The molecule has 0 amide bonds. The maximum absolute atomic E-state index is 4.11. The van der Waals surface area contributed by atoms with E-state index in [2.05, 4.69) is 52.8 Å². The summed E-state index contributed by atoms with van der Waals surface area (Å²) in [5.41, 5.74) is 1.35. The van der Waals surface area contributed by atoms with Crippen LogP contribution in [0.3, 0.4) is 0 Å². The van der Waals surface area contributed by atoms with E-state index >= 15 is 0 Å². The summed E-state index contributed by atoms with van der Waals surface area (Å²) in [5.74, 6) is 0.970. The molecule has 19 heavy (non-hydrogen) atoms. The van der Waals surface area contributed by atoms with Gasteiger partial charge in [-0.1, -0.05) is 50.1 Å². The van der Waals surface area contributed by atoms with Gasteiger partial charge >= 0.3 is 0 Å². The number of nitrogens with one attached hydrogen (secondary N) is 1. The molecule has 0 aliphatic carbocycles. The lowest BCUT2D eigenvalue weighted by Gasteiger charge is -2.18. The molecule has 1 atom stereocenters. The topological polar surface area (TPSA) is 42.7 Å². The van der Waals surface area contributed by atoms with Gasteiger partial charge in [-0.05, 0) is 12.0 Å². The van der Waals surface area contributed by atoms with Gasteiger partial charge in [0.1, 0.15) is 12.2 Å². The molecule has 0 aliphatic heterocycles. The highest BCUT2D eigenvalue weighted by molar-refractivity contribution is 5.18. The van der Waals surface area contributed by atoms with Crippen LogP contribution in [0.2, 0.25) is 0 Å². The van der Waals surface area contributed by atoms with Crippen LogP contribution >= 0.6 is 0 Å². The van der Waals surface area contributed by atoms with Crippen LogP contribution in [0.5, 0.6) is 0 Å². The Morgan fingerprint density at radius 2 is 2.05 bits per heavy atom. The fourth-order valence-electron chi connectivity index (χ4n) is 2.16. The summed E-state index contributed by atoms with van der Waals surface area (Å²) in [6.45, 7) is 2.98. The molecule has 1 unspecified atom stereocenters. The van der Waals surface area contributed by atoms with Crippen molar-refractivity contribution in [3.63, 3.8) is 0 Å². The third-order valence-electron chi connectivity index (χ3n) is 3.36. The van der Waals surface area contributed by atoms with Crippen molar-refractivity contribution in [1.82, 2.24) is 20.1 Å². The molecular weight excluding hydrogens is 236 g/mol. The van der Waals surface area contributed by atoms with Crippen LogP contribution in [0.25, 0.3) is 0 Å². The summed E-state index contributed by atoms with van der Waals surface area (Å²) in [6, 6.07) is 11.0. The Labute approximate surface area is 114 Å². The SMILES string of the molecule is CCCCC(NCc1nncn1C)c1ccccc1. The number of benzene rings is 1. The second-order valence-corrected chi connectivity index (χ2v) is 4.84. The van der Waals surface area contributed by atoms with Crippen molar-refractivity contribution in [3.8, 4) is 0 Å². The molecule has 0 aliphatic rings. The van der Waals surface area contributed by atoms with Gasteiger partial charge in [-0.25, -0.2) is 0 Å². The summed E-state index contributed by atoms with van der Waals surface area (Å²) < 4.78 is 1.95. The van der Waals surface area contributed by atoms with Gasteiger partial charge in [0.15, 0.2) is 0 Å². The van der Waals surface area contributed by atoms with Gasteiger partial charge in [0, 0.05) is 13.1 Å². The number of aromatic nitrogens is 3. The van der Waals surface area contributed by atoms with E-state index in [1.807, 2.05) is 11.6 Å². The molecule has 0 radical (unpaired) electrons. The lowest BCUT2D eigenvalue weighted by atomic mass is 10.0. The largest absolute Gasteiger partial charge is 0.320 e. The van der Waals surface area contributed by atoms with Crippen LogP contribution in [0.4, 0.5) is 0 Å². The fraction of sp³-hybridized carbons (Fsp3) is 0.467. The van der Waals surface area contributed by atoms with Gasteiger partial charge in [0.25, 0.3) is 0 Å². The first kappa shape index (κ1) is 13.7. The van der Waals surface area contributed by atoms with E-state index in [-0.39, 0.29) is 0 Å². The normalized spacial score (nSPS) is 12.5. The molecular formula is C15H22N4. The van der Waals surface area contributed by atoms with Crippen LogP contribution in [-0.2, 0) is 13.6 Å². The summed E-state index contributed by atoms with van der Waals surface area (Å²) in [5, 5.41) is 11.6. The lowest BCUT2D eigenvalue weighted by molar-refractivity contribution is 0.468. The van der Waals surface area contributed by atoms with E-state index in [9.17, 15) is 0 Å². The number of rotatable bonds is 7. The Kier molecular flexibility index (Phi) is 5.10. The van der Waals surface area contributed by atoms with Crippen LogP contribution in [0, 0.1) is 0 Å². The minimum Gasteiger partial charge on any atom is -0.320 e. The standard InChI is InChI=1S/C15H22N4/c1-3-4-10-14(13-8-6-5-7-9-13)16-11-15-18-17-12-19(15)2/h5-9,12,14,16H,3-4,10-11H2,1-2H3. The Morgan fingerprint density at radius 3 is 2.68 bits per heavy atom. The number of hydrogen-bond donors (Lipinski definition) is 1. The van der Waals surface area contributed by atoms with Gasteiger partial charge in [-0.15, -0.1) is 10.2 Å². The third-order valence-corrected chi connectivity index (χ3v) is 3.36. The lowest BCUT2D eigenvalue weighted by Crippen LogP contribution is -2.22. The predicted octanol–water partition coefficient (Wildman–Crippen LogP) is 2.84. The Balaban J connectivity index is 2.00. The minimum absolute atomic E-state index is 0.387. The molecule has 1 heterocycles. The smallest absolute Gasteiger partial charge is 0.146 e. The molecule has 0 spiro atoms. The number of nitrogens with zero attached hydrogens (tertiary/aromatic N) is 3. The molecule has 2 aromatic rings. The second kappa shape index (κ2) is 7.04. The summed E-state index contributed by atoms with van der Waals surface area (Å²) in [6.07, 6.45) is 5.33. The third kappa shape index (κ3) is 3.89. The molecule has 4 nitrogen and oxygen atoms in total. The Hall–Kier alpha value is -1.68.